The van der Waals surface area contributed by atoms with Gasteiger partial charge >= 0.3 is 5.97 Å². The number of aromatic nitrogens is 2. The van der Waals surface area contributed by atoms with E-state index in [1.807, 2.05) is 0 Å². The molecular weight excluding hydrogens is 429 g/mol. The summed E-state index contributed by atoms with van der Waals surface area (Å²) in [5, 5.41) is 7.11. The SMILES string of the molecule is CCOC(=O)c1nn(-c2ccc(F)cc2)c(=O)cc1OCC(=O)Nc1ccc(Cl)cc1. The Bertz CT molecular complexity index is 1150. The number of amides is 1. The molecule has 1 N–H and O–H groups in total. The van der Waals surface area contributed by atoms with Crippen LogP contribution in [0, 0.1) is 5.82 Å². The van der Waals surface area contributed by atoms with E-state index >= 15 is 0 Å². The van der Waals surface area contributed by atoms with Gasteiger partial charge in [-0.3, -0.25) is 9.59 Å². The van der Waals surface area contributed by atoms with Crippen molar-refractivity contribution >= 4 is 29.2 Å². The second-order valence-corrected chi connectivity index (χ2v) is 6.58. The maximum absolute atomic E-state index is 13.2. The fourth-order valence-electron chi connectivity index (χ4n) is 2.53. The van der Waals surface area contributed by atoms with Gasteiger partial charge in [0.1, 0.15) is 5.82 Å². The molecule has 0 atom stereocenters. The molecule has 0 unspecified atom stereocenters. The third kappa shape index (κ3) is 5.67. The Labute approximate surface area is 181 Å². The van der Waals surface area contributed by atoms with Gasteiger partial charge in [-0.1, -0.05) is 11.6 Å². The van der Waals surface area contributed by atoms with Crippen LogP contribution in [0.4, 0.5) is 10.1 Å². The van der Waals surface area contributed by atoms with Crippen LogP contribution in [-0.2, 0) is 9.53 Å². The lowest BCUT2D eigenvalue weighted by atomic mass is 10.3. The number of hydrogen-bond donors (Lipinski definition) is 1. The molecule has 0 saturated heterocycles. The molecular formula is C21H17ClFN3O5. The Hall–Kier alpha value is -3.72. The van der Waals surface area contributed by atoms with Gasteiger partial charge in [-0.2, -0.15) is 9.78 Å². The van der Waals surface area contributed by atoms with Gasteiger partial charge < -0.3 is 14.8 Å². The standard InChI is InChI=1S/C21H17ClFN3O5/c1-2-30-21(29)20-17(31-12-18(27)24-15-7-3-13(22)4-8-15)11-19(28)26(25-20)16-9-5-14(23)6-10-16/h3-11H,2,12H2,1H3,(H,24,27). The molecule has 8 nitrogen and oxygen atoms in total. The highest BCUT2D eigenvalue weighted by Gasteiger charge is 2.20. The van der Waals surface area contributed by atoms with Crippen molar-refractivity contribution < 1.29 is 23.5 Å². The minimum absolute atomic E-state index is 0.0622. The maximum atomic E-state index is 13.2. The number of anilines is 1. The van der Waals surface area contributed by atoms with Crippen LogP contribution in [0.3, 0.4) is 0 Å². The largest absolute Gasteiger partial charge is 0.481 e. The lowest BCUT2D eigenvalue weighted by molar-refractivity contribution is -0.118. The lowest BCUT2D eigenvalue weighted by Crippen LogP contribution is -2.27. The monoisotopic (exact) mass is 445 g/mol. The topological polar surface area (TPSA) is 99.5 Å². The summed E-state index contributed by atoms with van der Waals surface area (Å²) in [5.74, 6) is -2.08. The summed E-state index contributed by atoms with van der Waals surface area (Å²) in [6, 6.07) is 12.4. The minimum atomic E-state index is -0.841. The molecule has 0 aliphatic carbocycles. The Morgan fingerprint density at radius 2 is 1.81 bits per heavy atom. The zero-order valence-electron chi connectivity index (χ0n) is 16.3. The van der Waals surface area contributed by atoms with Crippen molar-refractivity contribution in [3.05, 3.63) is 81.5 Å². The first-order valence-corrected chi connectivity index (χ1v) is 9.51. The molecule has 0 radical (unpaired) electrons. The van der Waals surface area contributed by atoms with Crippen LogP contribution in [0.2, 0.25) is 5.02 Å². The lowest BCUT2D eigenvalue weighted by Gasteiger charge is -2.12. The van der Waals surface area contributed by atoms with Crippen LogP contribution < -0.4 is 15.6 Å². The Balaban J connectivity index is 1.84. The van der Waals surface area contributed by atoms with E-state index in [0.29, 0.717) is 10.7 Å². The molecule has 0 saturated carbocycles. The molecule has 1 amide bonds. The van der Waals surface area contributed by atoms with Crippen molar-refractivity contribution in [2.75, 3.05) is 18.5 Å². The third-order valence-corrected chi connectivity index (χ3v) is 4.18. The molecule has 0 spiro atoms. The van der Waals surface area contributed by atoms with Crippen molar-refractivity contribution in [2.45, 2.75) is 6.92 Å². The fraction of sp³-hybridized carbons (Fsp3) is 0.143. The molecule has 3 rings (SSSR count). The first kappa shape index (κ1) is 22.0. The summed E-state index contributed by atoms with van der Waals surface area (Å²) in [6.07, 6.45) is 0. The Kier molecular flexibility index (Phi) is 6.99. The van der Waals surface area contributed by atoms with Crippen LogP contribution >= 0.6 is 11.6 Å². The number of carbonyl (C=O) groups is 2. The normalized spacial score (nSPS) is 10.4. The van der Waals surface area contributed by atoms with Gasteiger partial charge in [-0.05, 0) is 55.5 Å². The van der Waals surface area contributed by atoms with Gasteiger partial charge in [0.2, 0.25) is 5.69 Å². The summed E-state index contributed by atoms with van der Waals surface area (Å²) < 4.78 is 24.4. The molecule has 31 heavy (non-hydrogen) atoms. The number of carbonyl (C=O) groups excluding carboxylic acids is 2. The molecule has 0 bridgehead atoms. The smallest absolute Gasteiger partial charge is 0.362 e. The number of rotatable bonds is 7. The first-order chi connectivity index (χ1) is 14.9. The molecule has 0 aliphatic rings. The molecule has 0 fully saturated rings. The van der Waals surface area contributed by atoms with Gasteiger partial charge in [-0.25, -0.2) is 9.18 Å². The second-order valence-electron chi connectivity index (χ2n) is 6.15. The van der Waals surface area contributed by atoms with Crippen molar-refractivity contribution in [1.82, 2.24) is 9.78 Å². The number of benzene rings is 2. The van der Waals surface area contributed by atoms with Crippen molar-refractivity contribution in [1.29, 1.82) is 0 Å². The summed E-state index contributed by atoms with van der Waals surface area (Å²) in [6.45, 7) is 1.18. The average molecular weight is 446 g/mol. The fourth-order valence-corrected chi connectivity index (χ4v) is 2.66. The third-order valence-electron chi connectivity index (χ3n) is 3.92. The second kappa shape index (κ2) is 9.86. The van der Waals surface area contributed by atoms with Crippen LogP contribution in [0.15, 0.2) is 59.4 Å². The highest BCUT2D eigenvalue weighted by molar-refractivity contribution is 6.30. The van der Waals surface area contributed by atoms with Gasteiger partial charge in [0, 0.05) is 10.7 Å². The number of esters is 1. The highest BCUT2D eigenvalue weighted by Crippen LogP contribution is 2.17. The van der Waals surface area contributed by atoms with E-state index in [2.05, 4.69) is 10.4 Å². The van der Waals surface area contributed by atoms with Gasteiger partial charge in [0.15, 0.2) is 12.4 Å². The van der Waals surface area contributed by atoms with E-state index in [4.69, 9.17) is 21.1 Å². The molecule has 1 aromatic heterocycles. The number of ether oxygens (including phenoxy) is 2. The van der Waals surface area contributed by atoms with Crippen molar-refractivity contribution in [2.24, 2.45) is 0 Å². The average Bonchev–Trinajstić information content (AvgIpc) is 2.75. The summed E-state index contributed by atoms with van der Waals surface area (Å²) >= 11 is 5.80. The Morgan fingerprint density at radius 1 is 1.13 bits per heavy atom. The molecule has 1 heterocycles. The number of hydrogen-bond acceptors (Lipinski definition) is 6. The van der Waals surface area contributed by atoms with Crippen LogP contribution in [0.25, 0.3) is 5.69 Å². The highest BCUT2D eigenvalue weighted by atomic mass is 35.5. The Morgan fingerprint density at radius 3 is 2.45 bits per heavy atom. The van der Waals surface area contributed by atoms with Gasteiger partial charge in [0.25, 0.3) is 11.5 Å². The summed E-state index contributed by atoms with van der Waals surface area (Å²) in [7, 11) is 0. The van der Waals surface area contributed by atoms with E-state index in [9.17, 15) is 18.8 Å². The zero-order valence-corrected chi connectivity index (χ0v) is 17.1. The predicted molar refractivity (Wildman–Crippen MR) is 111 cm³/mol. The van der Waals surface area contributed by atoms with Crippen molar-refractivity contribution in [3.63, 3.8) is 0 Å². The number of nitrogens with zero attached hydrogens (tertiary/aromatic N) is 2. The van der Waals surface area contributed by atoms with Crippen molar-refractivity contribution in [3.8, 4) is 11.4 Å². The summed E-state index contributed by atoms with van der Waals surface area (Å²) in [5.41, 5.74) is -0.213. The molecule has 160 valence electrons. The molecule has 2 aromatic carbocycles. The first-order valence-electron chi connectivity index (χ1n) is 9.13. The van der Waals surface area contributed by atoms with E-state index in [1.54, 1.807) is 31.2 Å². The maximum Gasteiger partial charge on any atom is 0.362 e. The quantitative estimate of drug-likeness (QED) is 0.560. The minimum Gasteiger partial charge on any atom is -0.481 e. The van der Waals surface area contributed by atoms with Gasteiger partial charge in [-0.15, -0.1) is 0 Å². The predicted octanol–water partition coefficient (Wildman–Crippen LogP) is 3.22. The zero-order chi connectivity index (χ0) is 22.4. The molecule has 3 aromatic rings. The van der Waals surface area contributed by atoms with E-state index in [0.717, 1.165) is 22.9 Å². The van der Waals surface area contributed by atoms with Gasteiger partial charge in [0.05, 0.1) is 18.4 Å². The van der Waals surface area contributed by atoms with E-state index in [1.165, 1.54) is 12.1 Å². The van der Waals surface area contributed by atoms with Crippen LogP contribution in [0.1, 0.15) is 17.4 Å². The number of nitrogens with one attached hydrogen (secondary N) is 1. The number of halogens is 2. The summed E-state index contributed by atoms with van der Waals surface area (Å²) in [4.78, 5) is 37.0. The van der Waals surface area contributed by atoms with E-state index in [-0.39, 0.29) is 23.7 Å². The molecule has 10 heteroatoms. The molecule has 0 aliphatic heterocycles. The van der Waals surface area contributed by atoms with E-state index < -0.39 is 29.9 Å². The van der Waals surface area contributed by atoms with Crippen LogP contribution in [-0.4, -0.2) is 34.9 Å². The van der Waals surface area contributed by atoms with Crippen LogP contribution in [0.5, 0.6) is 5.75 Å².